The first-order valence-corrected chi connectivity index (χ1v) is 8.96. The molecule has 2 N–H and O–H groups in total. The lowest BCUT2D eigenvalue weighted by molar-refractivity contribution is -0.0846. The molecule has 0 aromatic carbocycles. The smallest absolute Gasteiger partial charge is 0.241 e. The summed E-state index contributed by atoms with van der Waals surface area (Å²) in [5.41, 5.74) is 0. The highest BCUT2D eigenvalue weighted by atomic mass is 32.2. The molecule has 0 spiro atoms. The van der Waals surface area contributed by atoms with Crippen molar-refractivity contribution in [3.8, 4) is 0 Å². The Morgan fingerprint density at radius 1 is 1.45 bits per heavy atom. The highest BCUT2D eigenvalue weighted by molar-refractivity contribution is 7.89. The zero-order valence-electron chi connectivity index (χ0n) is 11.4. The van der Waals surface area contributed by atoms with Crippen LogP contribution in [0.4, 0.5) is 0 Å². The first-order valence-electron chi connectivity index (χ1n) is 6.59. The summed E-state index contributed by atoms with van der Waals surface area (Å²) in [5, 5.41) is 4.94. The standard InChI is InChI=1S/C12H20N2O4S2/c1-2-13-8-11-12(3-6-19-11)20(15,16)14-7-10-9-17-4-5-18-10/h3,6,10,13-14H,2,4-5,7-9H2,1H3. The number of rotatable bonds is 7. The lowest BCUT2D eigenvalue weighted by atomic mass is 10.3. The molecular weight excluding hydrogens is 300 g/mol. The van der Waals surface area contributed by atoms with Gasteiger partial charge in [0, 0.05) is 18.0 Å². The van der Waals surface area contributed by atoms with Crippen LogP contribution in [0.15, 0.2) is 16.3 Å². The zero-order chi connectivity index (χ0) is 14.4. The van der Waals surface area contributed by atoms with Crippen LogP contribution < -0.4 is 10.0 Å². The van der Waals surface area contributed by atoms with Gasteiger partial charge in [-0.15, -0.1) is 11.3 Å². The predicted molar refractivity (Wildman–Crippen MR) is 77.4 cm³/mol. The minimum absolute atomic E-state index is 0.214. The molecule has 1 unspecified atom stereocenters. The maximum atomic E-state index is 12.3. The molecule has 1 aliphatic heterocycles. The molecule has 0 radical (unpaired) electrons. The molecule has 114 valence electrons. The second-order valence-corrected chi connectivity index (χ2v) is 7.14. The van der Waals surface area contributed by atoms with Crippen LogP contribution in [-0.4, -0.2) is 47.4 Å². The molecular formula is C12H20N2O4S2. The Morgan fingerprint density at radius 3 is 3.00 bits per heavy atom. The molecule has 2 rings (SSSR count). The molecule has 1 fully saturated rings. The van der Waals surface area contributed by atoms with E-state index in [1.807, 2.05) is 6.92 Å². The second kappa shape index (κ2) is 7.48. The van der Waals surface area contributed by atoms with Crippen LogP contribution >= 0.6 is 11.3 Å². The van der Waals surface area contributed by atoms with Crippen molar-refractivity contribution in [2.24, 2.45) is 0 Å². The van der Waals surface area contributed by atoms with Crippen molar-refractivity contribution < 1.29 is 17.9 Å². The predicted octanol–water partition coefficient (Wildman–Crippen LogP) is 0.551. The fraction of sp³-hybridized carbons (Fsp3) is 0.667. The lowest BCUT2D eigenvalue weighted by Gasteiger charge is -2.23. The summed E-state index contributed by atoms with van der Waals surface area (Å²) in [6.45, 7) is 5.10. The van der Waals surface area contributed by atoms with E-state index < -0.39 is 10.0 Å². The van der Waals surface area contributed by atoms with Gasteiger partial charge in [0.05, 0.1) is 30.8 Å². The highest BCUT2D eigenvalue weighted by Crippen LogP contribution is 2.21. The third-order valence-corrected chi connectivity index (χ3v) is 5.47. The van der Waals surface area contributed by atoms with Gasteiger partial charge in [-0.3, -0.25) is 0 Å². The topological polar surface area (TPSA) is 76.7 Å². The quantitative estimate of drug-likeness (QED) is 0.767. The van der Waals surface area contributed by atoms with E-state index in [-0.39, 0.29) is 12.6 Å². The van der Waals surface area contributed by atoms with E-state index >= 15 is 0 Å². The number of hydrogen-bond donors (Lipinski definition) is 2. The van der Waals surface area contributed by atoms with Crippen molar-refractivity contribution in [1.29, 1.82) is 0 Å². The molecule has 6 nitrogen and oxygen atoms in total. The summed E-state index contributed by atoms with van der Waals surface area (Å²) in [4.78, 5) is 1.17. The highest BCUT2D eigenvalue weighted by Gasteiger charge is 2.22. The molecule has 0 aliphatic carbocycles. The summed E-state index contributed by atoms with van der Waals surface area (Å²) in [7, 11) is -3.49. The molecule has 0 amide bonds. The molecule has 20 heavy (non-hydrogen) atoms. The van der Waals surface area contributed by atoms with E-state index in [4.69, 9.17) is 9.47 Å². The normalized spacial score (nSPS) is 20.1. The van der Waals surface area contributed by atoms with Crippen LogP contribution in [0.5, 0.6) is 0 Å². The van der Waals surface area contributed by atoms with E-state index in [1.54, 1.807) is 11.4 Å². The van der Waals surface area contributed by atoms with Gasteiger partial charge in [-0.05, 0) is 18.0 Å². The minimum atomic E-state index is -3.49. The molecule has 8 heteroatoms. The van der Waals surface area contributed by atoms with E-state index in [0.717, 1.165) is 11.4 Å². The lowest BCUT2D eigenvalue weighted by Crippen LogP contribution is -2.39. The average Bonchev–Trinajstić information content (AvgIpc) is 2.93. The Labute approximate surface area is 123 Å². The third kappa shape index (κ3) is 4.24. The van der Waals surface area contributed by atoms with Gasteiger partial charge in [0.2, 0.25) is 10.0 Å². The Hall–Kier alpha value is -0.510. The van der Waals surface area contributed by atoms with Crippen LogP contribution in [0, 0.1) is 0 Å². The molecule has 0 bridgehead atoms. The van der Waals surface area contributed by atoms with Crippen LogP contribution in [-0.2, 0) is 26.0 Å². The first kappa shape index (κ1) is 15.9. The number of ether oxygens (including phenoxy) is 2. The largest absolute Gasteiger partial charge is 0.376 e. The Morgan fingerprint density at radius 2 is 2.30 bits per heavy atom. The van der Waals surface area contributed by atoms with Crippen LogP contribution in [0.3, 0.4) is 0 Å². The van der Waals surface area contributed by atoms with E-state index in [1.165, 1.54) is 11.3 Å². The Bertz CT molecular complexity index is 509. The van der Waals surface area contributed by atoms with Gasteiger partial charge in [0.25, 0.3) is 0 Å². The van der Waals surface area contributed by atoms with Crippen molar-refractivity contribution in [2.75, 3.05) is 32.9 Å². The Kier molecular flexibility index (Phi) is 5.94. The van der Waals surface area contributed by atoms with Gasteiger partial charge in [-0.2, -0.15) is 0 Å². The molecule has 1 aromatic rings. The number of sulfonamides is 1. The van der Waals surface area contributed by atoms with Gasteiger partial charge in [0.15, 0.2) is 0 Å². The van der Waals surface area contributed by atoms with Crippen LogP contribution in [0.25, 0.3) is 0 Å². The maximum Gasteiger partial charge on any atom is 0.241 e. The summed E-state index contributed by atoms with van der Waals surface area (Å²) in [6.07, 6.45) is -0.214. The Balaban J connectivity index is 1.97. The van der Waals surface area contributed by atoms with Crippen molar-refractivity contribution in [3.05, 3.63) is 16.3 Å². The van der Waals surface area contributed by atoms with Crippen molar-refractivity contribution in [1.82, 2.24) is 10.0 Å². The third-order valence-electron chi connectivity index (χ3n) is 2.92. The maximum absolute atomic E-state index is 12.3. The SMILES string of the molecule is CCNCc1sccc1S(=O)(=O)NCC1COCCO1. The second-order valence-electron chi connectivity index (χ2n) is 4.41. The van der Waals surface area contributed by atoms with Gasteiger partial charge >= 0.3 is 0 Å². The number of thiophene rings is 1. The number of nitrogens with one attached hydrogen (secondary N) is 2. The van der Waals surface area contributed by atoms with Gasteiger partial charge < -0.3 is 14.8 Å². The van der Waals surface area contributed by atoms with Gasteiger partial charge in [-0.1, -0.05) is 6.92 Å². The molecule has 1 atom stereocenters. The summed E-state index contributed by atoms with van der Waals surface area (Å²) in [6, 6.07) is 1.64. The van der Waals surface area contributed by atoms with Gasteiger partial charge in [0.1, 0.15) is 0 Å². The number of hydrogen-bond acceptors (Lipinski definition) is 6. The summed E-state index contributed by atoms with van der Waals surface area (Å²) in [5.74, 6) is 0. The first-order chi connectivity index (χ1) is 9.63. The fourth-order valence-electron chi connectivity index (χ4n) is 1.87. The van der Waals surface area contributed by atoms with E-state index in [0.29, 0.717) is 31.3 Å². The summed E-state index contributed by atoms with van der Waals surface area (Å²) < 4.78 is 37.8. The average molecular weight is 320 g/mol. The molecule has 1 aliphatic rings. The van der Waals surface area contributed by atoms with Crippen molar-refractivity contribution >= 4 is 21.4 Å². The molecule has 1 saturated heterocycles. The zero-order valence-corrected chi connectivity index (χ0v) is 13.1. The minimum Gasteiger partial charge on any atom is -0.376 e. The van der Waals surface area contributed by atoms with Crippen LogP contribution in [0.2, 0.25) is 0 Å². The summed E-state index contributed by atoms with van der Waals surface area (Å²) >= 11 is 1.44. The van der Waals surface area contributed by atoms with Crippen molar-refractivity contribution in [2.45, 2.75) is 24.5 Å². The molecule has 1 aromatic heterocycles. The molecule has 0 saturated carbocycles. The van der Waals surface area contributed by atoms with E-state index in [9.17, 15) is 8.42 Å². The fourth-order valence-corrected chi connectivity index (χ4v) is 4.35. The van der Waals surface area contributed by atoms with Gasteiger partial charge in [-0.25, -0.2) is 13.1 Å². The monoisotopic (exact) mass is 320 g/mol. The molecule has 2 heterocycles. The van der Waals surface area contributed by atoms with E-state index in [2.05, 4.69) is 10.0 Å². The van der Waals surface area contributed by atoms with Crippen molar-refractivity contribution in [3.63, 3.8) is 0 Å². The van der Waals surface area contributed by atoms with Crippen LogP contribution in [0.1, 0.15) is 11.8 Å².